The van der Waals surface area contributed by atoms with Crippen LogP contribution in [0.1, 0.15) is 73.6 Å². The predicted molar refractivity (Wildman–Crippen MR) is 112 cm³/mol. The van der Waals surface area contributed by atoms with Crippen LogP contribution in [-0.4, -0.2) is 38.6 Å². The summed E-state index contributed by atoms with van der Waals surface area (Å²) in [5.41, 5.74) is -1.51. The molecule has 2 rings (SSSR count). The molecule has 0 saturated heterocycles. The molecule has 4 atom stereocenters. The Morgan fingerprint density at radius 2 is 1.64 bits per heavy atom. The molecule has 2 saturated carbocycles. The van der Waals surface area contributed by atoms with Gasteiger partial charge >= 0.3 is 5.97 Å². The fourth-order valence-electron chi connectivity index (χ4n) is 5.72. The molecule has 0 aromatic rings. The summed E-state index contributed by atoms with van der Waals surface area (Å²) in [6.45, 7) is 12.5. The lowest BCUT2D eigenvalue weighted by Gasteiger charge is -2.56. The van der Waals surface area contributed by atoms with Crippen LogP contribution in [0.5, 0.6) is 0 Å². The number of rotatable bonds is 8. The highest BCUT2D eigenvalue weighted by Gasteiger charge is 2.62. The maximum atomic E-state index is 13.1. The molecule has 28 heavy (non-hydrogen) atoms. The molecule has 0 N–H and O–H groups in total. The Labute approximate surface area is 171 Å². The number of hydrogen-bond donors (Lipinski definition) is 0. The van der Waals surface area contributed by atoms with Gasteiger partial charge in [0, 0.05) is 29.6 Å². The number of ketones is 2. The molecule has 0 bridgehead atoms. The van der Waals surface area contributed by atoms with Crippen LogP contribution in [0.25, 0.3) is 0 Å². The summed E-state index contributed by atoms with van der Waals surface area (Å²) in [6.07, 6.45) is 1.96. The predicted octanol–water partition coefficient (Wildman–Crippen LogP) is 4.68. The van der Waals surface area contributed by atoms with Gasteiger partial charge in [-0.1, -0.05) is 34.6 Å². The first-order valence-corrected chi connectivity index (χ1v) is 13.6. The molecule has 0 spiro atoms. The third kappa shape index (κ3) is 4.00. The minimum atomic E-state index is -1.91. The van der Waals surface area contributed by atoms with Crippen molar-refractivity contribution in [2.24, 2.45) is 16.7 Å². The van der Waals surface area contributed by atoms with Gasteiger partial charge in [0.2, 0.25) is 0 Å². The lowest BCUT2D eigenvalue weighted by Crippen LogP contribution is -2.62. The maximum Gasteiger partial charge on any atom is 0.306 e. The van der Waals surface area contributed by atoms with E-state index in [-0.39, 0.29) is 36.0 Å². The van der Waals surface area contributed by atoms with Gasteiger partial charge in [0.25, 0.3) is 0 Å². The van der Waals surface area contributed by atoms with E-state index >= 15 is 0 Å². The van der Waals surface area contributed by atoms with Crippen molar-refractivity contribution >= 4 is 25.9 Å². The number of Topliss-reactive ketones (excluding diaryl/α,β-unsaturated/α-hetero) is 2. The largest absolute Gasteiger partial charge is 0.466 e. The van der Waals surface area contributed by atoms with E-state index in [2.05, 4.69) is 20.8 Å². The second kappa shape index (κ2) is 8.78. The highest BCUT2D eigenvalue weighted by molar-refractivity contribution is 6.73. The average Bonchev–Trinajstić information content (AvgIpc) is 2.66. The molecular weight excluding hydrogens is 372 g/mol. The lowest BCUT2D eigenvalue weighted by atomic mass is 9.48. The summed E-state index contributed by atoms with van der Waals surface area (Å²) >= 11 is 0. The zero-order valence-corrected chi connectivity index (χ0v) is 19.6. The van der Waals surface area contributed by atoms with Crippen molar-refractivity contribution in [2.45, 2.75) is 97.9 Å². The molecule has 0 unspecified atom stereocenters. The van der Waals surface area contributed by atoms with Crippen LogP contribution >= 0.6 is 0 Å². The summed E-state index contributed by atoms with van der Waals surface area (Å²) in [5, 5.41) is 0. The molecule has 2 aliphatic rings. The molecule has 0 aromatic carbocycles. The molecule has 0 heterocycles. The highest BCUT2D eigenvalue weighted by atomic mass is 28.4. The van der Waals surface area contributed by atoms with E-state index in [4.69, 9.17) is 9.16 Å². The molecule has 6 heteroatoms. The smallest absolute Gasteiger partial charge is 0.306 e. The van der Waals surface area contributed by atoms with Gasteiger partial charge in [-0.3, -0.25) is 14.4 Å². The SMILES string of the molecule is CCOC(=O)C[C@@]1(C)C(=O)CC[C@@]2(C)C(=O)CC[C@H](O[Si](CC)(CC)CC)[C@@H]21. The summed E-state index contributed by atoms with van der Waals surface area (Å²) in [4.78, 5) is 38.5. The molecule has 2 fully saturated rings. The quantitative estimate of drug-likeness (QED) is 0.429. The number of hydrogen-bond acceptors (Lipinski definition) is 5. The van der Waals surface area contributed by atoms with E-state index in [1.807, 2.05) is 13.8 Å². The summed E-state index contributed by atoms with van der Waals surface area (Å²) < 4.78 is 12.1. The van der Waals surface area contributed by atoms with E-state index in [0.29, 0.717) is 32.3 Å². The van der Waals surface area contributed by atoms with E-state index in [0.717, 1.165) is 18.1 Å². The van der Waals surface area contributed by atoms with Crippen molar-refractivity contribution in [1.82, 2.24) is 0 Å². The van der Waals surface area contributed by atoms with E-state index in [1.165, 1.54) is 0 Å². The average molecular weight is 411 g/mol. The van der Waals surface area contributed by atoms with Crippen molar-refractivity contribution in [3.63, 3.8) is 0 Å². The van der Waals surface area contributed by atoms with Crippen LogP contribution in [0.15, 0.2) is 0 Å². The topological polar surface area (TPSA) is 69.7 Å². The molecule has 2 aliphatic carbocycles. The van der Waals surface area contributed by atoms with Gasteiger partial charge < -0.3 is 9.16 Å². The number of carbonyl (C=O) groups excluding carboxylic acids is 3. The first kappa shape index (κ1) is 23.3. The lowest BCUT2D eigenvalue weighted by molar-refractivity contribution is -0.172. The number of ether oxygens (including phenoxy) is 1. The van der Waals surface area contributed by atoms with Crippen LogP contribution in [-0.2, 0) is 23.5 Å². The van der Waals surface area contributed by atoms with Crippen LogP contribution in [0, 0.1) is 16.7 Å². The van der Waals surface area contributed by atoms with Gasteiger partial charge in [0.05, 0.1) is 19.1 Å². The van der Waals surface area contributed by atoms with Crippen LogP contribution in [0.2, 0.25) is 18.1 Å². The monoisotopic (exact) mass is 410 g/mol. The van der Waals surface area contributed by atoms with E-state index < -0.39 is 19.1 Å². The minimum Gasteiger partial charge on any atom is -0.466 e. The normalized spacial score (nSPS) is 33.5. The molecular formula is C22H38O5Si. The molecule has 5 nitrogen and oxygen atoms in total. The summed E-state index contributed by atoms with van der Waals surface area (Å²) in [7, 11) is -1.91. The van der Waals surface area contributed by atoms with Crippen molar-refractivity contribution in [3.8, 4) is 0 Å². The fraction of sp³-hybridized carbons (Fsp3) is 0.864. The van der Waals surface area contributed by atoms with E-state index in [9.17, 15) is 14.4 Å². The number of esters is 1. The third-order valence-corrected chi connectivity index (χ3v) is 12.4. The number of fused-ring (bicyclic) bond motifs is 1. The van der Waals surface area contributed by atoms with Crippen molar-refractivity contribution in [3.05, 3.63) is 0 Å². The Hall–Kier alpha value is -1.01. The molecule has 0 radical (unpaired) electrons. The van der Waals surface area contributed by atoms with E-state index in [1.54, 1.807) is 6.92 Å². The Bertz CT molecular complexity index is 606. The standard InChI is InChI=1S/C22H38O5Si/c1-7-26-19(25)15-22(6)18(24)13-14-21(5)17(23)12-11-16(20(21)22)27-28(8-2,9-3)10-4/h16,20H,7-15H2,1-6H3/t16-,20-,21-,22-/m0/s1. The fourth-order valence-corrected chi connectivity index (χ4v) is 8.61. The number of carbonyl (C=O) groups is 3. The highest BCUT2D eigenvalue weighted by Crippen LogP contribution is 2.57. The van der Waals surface area contributed by atoms with Crippen molar-refractivity contribution in [2.75, 3.05) is 6.61 Å². The Balaban J connectivity index is 2.48. The van der Waals surface area contributed by atoms with Crippen molar-refractivity contribution in [1.29, 1.82) is 0 Å². The Kier molecular flexibility index (Phi) is 7.30. The van der Waals surface area contributed by atoms with Crippen LogP contribution in [0.3, 0.4) is 0 Å². The van der Waals surface area contributed by atoms with Gasteiger partial charge in [-0.15, -0.1) is 0 Å². The Morgan fingerprint density at radius 3 is 2.18 bits per heavy atom. The molecule has 0 amide bonds. The molecule has 0 aromatic heterocycles. The van der Waals surface area contributed by atoms with Gasteiger partial charge in [0.1, 0.15) is 11.6 Å². The maximum absolute atomic E-state index is 13.1. The van der Waals surface area contributed by atoms with Gasteiger partial charge in [0.15, 0.2) is 8.32 Å². The second-order valence-electron chi connectivity index (χ2n) is 9.08. The van der Waals surface area contributed by atoms with Gasteiger partial charge in [-0.2, -0.15) is 0 Å². The van der Waals surface area contributed by atoms with Crippen LogP contribution in [0.4, 0.5) is 0 Å². The third-order valence-electron chi connectivity index (χ3n) is 7.70. The second-order valence-corrected chi connectivity index (χ2v) is 13.8. The van der Waals surface area contributed by atoms with Crippen LogP contribution < -0.4 is 0 Å². The molecule has 0 aliphatic heterocycles. The minimum absolute atomic E-state index is 0.0337. The molecule has 160 valence electrons. The van der Waals surface area contributed by atoms with Gasteiger partial charge in [-0.25, -0.2) is 0 Å². The first-order valence-electron chi connectivity index (χ1n) is 11.0. The summed E-state index contributed by atoms with van der Waals surface area (Å²) in [5.74, 6) is -0.326. The zero-order chi connectivity index (χ0) is 21.2. The summed E-state index contributed by atoms with van der Waals surface area (Å²) in [6, 6.07) is 3.07. The first-order chi connectivity index (χ1) is 13.1. The zero-order valence-electron chi connectivity index (χ0n) is 18.6. The van der Waals surface area contributed by atoms with Crippen molar-refractivity contribution < 1.29 is 23.5 Å². The Morgan fingerprint density at radius 1 is 1.04 bits per heavy atom. The van der Waals surface area contributed by atoms with Gasteiger partial charge in [-0.05, 0) is 37.9 Å².